The van der Waals surface area contributed by atoms with Crippen LogP contribution in [0.5, 0.6) is 0 Å². The number of aromatic nitrogens is 1. The van der Waals surface area contributed by atoms with Gasteiger partial charge in [0.1, 0.15) is 5.52 Å². The number of rotatable bonds is 3. The van der Waals surface area contributed by atoms with Crippen LogP contribution in [-0.2, 0) is 10.3 Å². The zero-order valence-electron chi connectivity index (χ0n) is 15.5. The third-order valence-electron chi connectivity index (χ3n) is 6.15. The van der Waals surface area contributed by atoms with Crippen molar-refractivity contribution in [1.29, 1.82) is 0 Å². The van der Waals surface area contributed by atoms with Crippen molar-refractivity contribution in [2.24, 2.45) is 5.92 Å². The number of anilines is 1. The highest BCUT2D eigenvalue weighted by molar-refractivity contribution is 6.35. The third-order valence-corrected chi connectivity index (χ3v) is 6.44. The SMILES string of the molecule is O=C1Nc2c(Cl)cc3nc(C(=O)C[C@H]4CCOC4)oc3c2C2(CCCCC2)N1. The van der Waals surface area contributed by atoms with Gasteiger partial charge in [-0.2, -0.15) is 0 Å². The van der Waals surface area contributed by atoms with Crippen LogP contribution in [0.2, 0.25) is 5.02 Å². The molecule has 8 heteroatoms. The highest BCUT2D eigenvalue weighted by Crippen LogP contribution is 2.48. The Morgan fingerprint density at radius 1 is 1.32 bits per heavy atom. The summed E-state index contributed by atoms with van der Waals surface area (Å²) >= 11 is 6.49. The molecular formula is C20H22ClN3O4. The fourth-order valence-corrected chi connectivity index (χ4v) is 5.03. The summed E-state index contributed by atoms with van der Waals surface area (Å²) in [6, 6.07) is 1.41. The summed E-state index contributed by atoms with van der Waals surface area (Å²) in [6.45, 7) is 1.30. The second kappa shape index (κ2) is 6.74. The van der Waals surface area contributed by atoms with E-state index < -0.39 is 5.54 Å². The van der Waals surface area contributed by atoms with Gasteiger partial charge in [-0.25, -0.2) is 9.78 Å². The fraction of sp³-hybridized carbons (Fsp3) is 0.550. The van der Waals surface area contributed by atoms with Gasteiger partial charge in [0, 0.05) is 25.2 Å². The van der Waals surface area contributed by atoms with Crippen molar-refractivity contribution < 1.29 is 18.7 Å². The number of urea groups is 1. The quantitative estimate of drug-likeness (QED) is 0.741. The lowest BCUT2D eigenvalue weighted by Gasteiger charge is -2.42. The molecule has 1 aromatic heterocycles. The molecule has 1 aromatic carbocycles. The maximum absolute atomic E-state index is 12.7. The van der Waals surface area contributed by atoms with Crippen LogP contribution < -0.4 is 10.6 Å². The van der Waals surface area contributed by atoms with E-state index in [-0.39, 0.29) is 23.6 Å². The van der Waals surface area contributed by atoms with Crippen molar-refractivity contribution in [1.82, 2.24) is 10.3 Å². The maximum atomic E-state index is 12.7. The van der Waals surface area contributed by atoms with Gasteiger partial charge in [-0.3, -0.25) is 4.79 Å². The van der Waals surface area contributed by atoms with E-state index in [2.05, 4.69) is 15.6 Å². The van der Waals surface area contributed by atoms with E-state index >= 15 is 0 Å². The molecular weight excluding hydrogens is 382 g/mol. The van der Waals surface area contributed by atoms with Gasteiger partial charge in [0.25, 0.3) is 5.89 Å². The van der Waals surface area contributed by atoms with Crippen LogP contribution in [0.25, 0.3) is 11.1 Å². The van der Waals surface area contributed by atoms with Crippen molar-refractivity contribution in [3.63, 3.8) is 0 Å². The molecule has 2 aliphatic heterocycles. The molecule has 3 aliphatic rings. The van der Waals surface area contributed by atoms with Gasteiger partial charge in [-0.15, -0.1) is 0 Å². The van der Waals surface area contributed by atoms with Crippen LogP contribution in [0.1, 0.15) is 61.2 Å². The van der Waals surface area contributed by atoms with Gasteiger partial charge >= 0.3 is 6.03 Å². The molecule has 1 spiro atoms. The number of halogens is 1. The van der Waals surface area contributed by atoms with Crippen LogP contribution in [0.15, 0.2) is 10.5 Å². The number of amides is 2. The van der Waals surface area contributed by atoms with Crippen molar-refractivity contribution in [2.45, 2.75) is 50.5 Å². The minimum atomic E-state index is -0.530. The lowest BCUT2D eigenvalue weighted by molar-refractivity contribution is 0.0920. The lowest BCUT2D eigenvalue weighted by atomic mass is 9.74. The average molecular weight is 404 g/mol. The number of hydrogen-bond acceptors (Lipinski definition) is 5. The molecule has 0 radical (unpaired) electrons. The summed E-state index contributed by atoms with van der Waals surface area (Å²) in [5.74, 6) is 0.196. The minimum Gasteiger partial charge on any atom is -0.433 e. The first kappa shape index (κ1) is 17.9. The van der Waals surface area contributed by atoms with Crippen LogP contribution in [0, 0.1) is 5.92 Å². The molecule has 2 amide bonds. The van der Waals surface area contributed by atoms with E-state index in [1.54, 1.807) is 6.07 Å². The molecule has 2 fully saturated rings. The van der Waals surface area contributed by atoms with E-state index in [0.29, 0.717) is 41.4 Å². The topological polar surface area (TPSA) is 93.5 Å². The predicted molar refractivity (Wildman–Crippen MR) is 104 cm³/mol. The molecule has 148 valence electrons. The number of fused-ring (bicyclic) bond motifs is 4. The molecule has 7 nitrogen and oxygen atoms in total. The lowest BCUT2D eigenvalue weighted by Crippen LogP contribution is -2.52. The monoisotopic (exact) mass is 403 g/mol. The number of oxazole rings is 1. The fourth-order valence-electron chi connectivity index (χ4n) is 4.78. The summed E-state index contributed by atoms with van der Waals surface area (Å²) < 4.78 is 11.4. The Kier molecular flexibility index (Phi) is 4.32. The Bertz CT molecular complexity index is 958. The first-order valence-corrected chi connectivity index (χ1v) is 10.3. The van der Waals surface area contributed by atoms with Gasteiger partial charge in [0.15, 0.2) is 5.58 Å². The van der Waals surface area contributed by atoms with Crippen LogP contribution in [0.4, 0.5) is 10.5 Å². The standard InChI is InChI=1S/C20H22ClN3O4/c21-12-9-13-17(28-18(22-13)14(25)8-11-4-7-27-10-11)15-16(12)23-19(26)24-20(15)5-2-1-3-6-20/h9,11H,1-8,10H2,(H2,23,24,26)/t11-/m1/s1. The van der Waals surface area contributed by atoms with E-state index in [1.807, 2.05) is 0 Å². The Hall–Kier alpha value is -2.12. The first-order valence-electron chi connectivity index (χ1n) is 9.89. The van der Waals surface area contributed by atoms with Gasteiger partial charge in [0.2, 0.25) is 5.78 Å². The molecule has 1 aliphatic carbocycles. The van der Waals surface area contributed by atoms with Gasteiger partial charge < -0.3 is 19.8 Å². The summed E-state index contributed by atoms with van der Waals surface area (Å²) in [6.07, 6.45) is 6.02. The van der Waals surface area contributed by atoms with Gasteiger partial charge in [0.05, 0.1) is 16.2 Å². The number of nitrogens with zero attached hydrogens (tertiary/aromatic N) is 1. The second-order valence-corrected chi connectivity index (χ2v) is 8.46. The van der Waals surface area contributed by atoms with E-state index in [0.717, 1.165) is 44.1 Å². The van der Waals surface area contributed by atoms with Crippen LogP contribution in [-0.4, -0.2) is 30.0 Å². The molecule has 2 N–H and O–H groups in total. The maximum Gasteiger partial charge on any atom is 0.319 e. The molecule has 5 rings (SSSR count). The molecule has 1 saturated carbocycles. The van der Waals surface area contributed by atoms with E-state index in [4.69, 9.17) is 20.8 Å². The third kappa shape index (κ3) is 2.88. The highest BCUT2D eigenvalue weighted by atomic mass is 35.5. The molecule has 3 heterocycles. The number of ether oxygens (including phenoxy) is 1. The molecule has 1 atom stereocenters. The molecule has 2 aromatic rings. The van der Waals surface area contributed by atoms with E-state index in [9.17, 15) is 9.59 Å². The number of carbonyl (C=O) groups excluding carboxylic acids is 2. The number of benzene rings is 1. The number of ketones is 1. The Morgan fingerprint density at radius 3 is 2.89 bits per heavy atom. The highest BCUT2D eigenvalue weighted by Gasteiger charge is 2.44. The summed E-state index contributed by atoms with van der Waals surface area (Å²) in [4.78, 5) is 29.5. The second-order valence-electron chi connectivity index (χ2n) is 8.05. The number of hydrogen-bond donors (Lipinski definition) is 2. The van der Waals surface area contributed by atoms with Crippen molar-refractivity contribution >= 4 is 40.2 Å². The van der Waals surface area contributed by atoms with Crippen molar-refractivity contribution in [3.05, 3.63) is 22.5 Å². The minimum absolute atomic E-state index is 0.106. The van der Waals surface area contributed by atoms with Gasteiger partial charge in [-0.05, 0) is 31.2 Å². The molecule has 0 unspecified atom stereocenters. The van der Waals surface area contributed by atoms with Gasteiger partial charge in [-0.1, -0.05) is 30.9 Å². The summed E-state index contributed by atoms with van der Waals surface area (Å²) in [7, 11) is 0. The summed E-state index contributed by atoms with van der Waals surface area (Å²) in [5.41, 5.74) is 1.96. The Morgan fingerprint density at radius 2 is 2.14 bits per heavy atom. The Labute approximate surface area is 167 Å². The zero-order valence-corrected chi connectivity index (χ0v) is 16.2. The number of Topliss-reactive ketones (excluding diaryl/α,β-unsaturated/α-hetero) is 1. The molecule has 0 bridgehead atoms. The summed E-state index contributed by atoms with van der Waals surface area (Å²) in [5, 5.41) is 6.34. The molecule has 28 heavy (non-hydrogen) atoms. The predicted octanol–water partition coefficient (Wildman–Crippen LogP) is 4.39. The van der Waals surface area contributed by atoms with E-state index in [1.165, 1.54) is 0 Å². The average Bonchev–Trinajstić information content (AvgIpc) is 3.32. The van der Waals surface area contributed by atoms with Crippen LogP contribution in [0.3, 0.4) is 0 Å². The number of carbonyl (C=O) groups is 2. The largest absolute Gasteiger partial charge is 0.433 e. The smallest absolute Gasteiger partial charge is 0.319 e. The Balaban J connectivity index is 1.61. The van der Waals surface area contributed by atoms with Crippen molar-refractivity contribution in [3.8, 4) is 0 Å². The van der Waals surface area contributed by atoms with Crippen LogP contribution >= 0.6 is 11.6 Å². The normalized spacial score (nSPS) is 23.5. The zero-order chi connectivity index (χ0) is 19.3. The number of nitrogens with one attached hydrogen (secondary N) is 2. The van der Waals surface area contributed by atoms with Crippen molar-refractivity contribution in [2.75, 3.05) is 18.5 Å². The molecule has 1 saturated heterocycles. The first-order chi connectivity index (χ1) is 13.6.